The van der Waals surface area contributed by atoms with Gasteiger partial charge in [0.2, 0.25) is 0 Å². The van der Waals surface area contributed by atoms with E-state index in [1.165, 1.54) is 24.7 Å². The number of anilines is 1. The largest absolute Gasteiger partial charge is 0.353 e. The molecule has 0 radical (unpaired) electrons. The number of para-hydroxylation sites is 1. The zero-order valence-corrected chi connectivity index (χ0v) is 14.7. The smallest absolute Gasteiger partial charge is 0.275 e. The third-order valence-electron chi connectivity index (χ3n) is 4.04. The van der Waals surface area contributed by atoms with Crippen LogP contribution in [0.2, 0.25) is 5.02 Å². The van der Waals surface area contributed by atoms with E-state index in [0.717, 1.165) is 5.56 Å². The molecule has 0 saturated carbocycles. The number of carbonyl (C=O) groups excluding carboxylic acids is 1. The van der Waals surface area contributed by atoms with Crippen LogP contribution in [0.3, 0.4) is 0 Å². The lowest BCUT2D eigenvalue weighted by molar-refractivity contribution is 0.102. The average Bonchev–Trinajstić information content (AvgIpc) is 2.69. The molecular formula is C20H13ClN4O2. The van der Waals surface area contributed by atoms with Crippen molar-refractivity contribution < 1.29 is 4.79 Å². The van der Waals surface area contributed by atoms with Crippen LogP contribution in [0.25, 0.3) is 22.2 Å². The Kier molecular flexibility index (Phi) is 4.40. The molecular weight excluding hydrogens is 364 g/mol. The molecule has 0 aliphatic rings. The zero-order valence-electron chi connectivity index (χ0n) is 13.9. The maximum Gasteiger partial charge on any atom is 0.275 e. The van der Waals surface area contributed by atoms with Crippen molar-refractivity contribution in [2.45, 2.75) is 0 Å². The van der Waals surface area contributed by atoms with Gasteiger partial charge in [-0.05, 0) is 29.8 Å². The number of H-pyrrole nitrogens is 1. The zero-order chi connectivity index (χ0) is 18.8. The van der Waals surface area contributed by atoms with Crippen molar-refractivity contribution in [2.24, 2.45) is 0 Å². The summed E-state index contributed by atoms with van der Waals surface area (Å²) in [5.41, 5.74) is 2.41. The lowest BCUT2D eigenvalue weighted by Gasteiger charge is -2.10. The maximum atomic E-state index is 12.6. The molecule has 2 heterocycles. The highest BCUT2D eigenvalue weighted by Gasteiger charge is 2.12. The van der Waals surface area contributed by atoms with Crippen molar-refractivity contribution in [3.05, 3.63) is 88.1 Å². The lowest BCUT2D eigenvalue weighted by Crippen LogP contribution is -2.15. The van der Waals surface area contributed by atoms with Crippen LogP contribution in [0.5, 0.6) is 0 Å². The SMILES string of the molecule is O=C(Nc1cccc2c(=O)cc(-c3cccc(Cl)c3)[nH]c12)c1cnccn1. The summed E-state index contributed by atoms with van der Waals surface area (Å²) in [5.74, 6) is -0.412. The van der Waals surface area contributed by atoms with Crippen molar-refractivity contribution in [3.8, 4) is 11.3 Å². The minimum atomic E-state index is -0.412. The highest BCUT2D eigenvalue weighted by atomic mass is 35.5. The van der Waals surface area contributed by atoms with Gasteiger partial charge in [-0.2, -0.15) is 0 Å². The quantitative estimate of drug-likeness (QED) is 0.567. The van der Waals surface area contributed by atoms with Gasteiger partial charge in [-0.25, -0.2) is 4.98 Å². The molecule has 2 aromatic carbocycles. The second-order valence-electron chi connectivity index (χ2n) is 5.83. The number of fused-ring (bicyclic) bond motifs is 1. The van der Waals surface area contributed by atoms with Crippen LogP contribution >= 0.6 is 11.6 Å². The number of benzene rings is 2. The Hall–Kier alpha value is -3.51. The first kappa shape index (κ1) is 16.9. The predicted molar refractivity (Wildman–Crippen MR) is 105 cm³/mol. The lowest BCUT2D eigenvalue weighted by atomic mass is 10.1. The van der Waals surface area contributed by atoms with Crippen molar-refractivity contribution >= 4 is 34.1 Å². The summed E-state index contributed by atoms with van der Waals surface area (Å²) in [6.07, 6.45) is 4.31. The fourth-order valence-electron chi connectivity index (χ4n) is 2.79. The summed E-state index contributed by atoms with van der Waals surface area (Å²) in [6.45, 7) is 0. The number of hydrogen-bond acceptors (Lipinski definition) is 4. The number of aromatic nitrogens is 3. The van der Waals surface area contributed by atoms with Crippen molar-refractivity contribution in [1.82, 2.24) is 15.0 Å². The Morgan fingerprint density at radius 1 is 1.07 bits per heavy atom. The Balaban J connectivity index is 1.82. The standard InChI is InChI=1S/C20H13ClN4O2/c21-13-4-1-3-12(9-13)16-10-18(26)14-5-2-6-15(19(14)24-16)25-20(27)17-11-22-7-8-23-17/h1-11H,(H,24,26)(H,25,27). The molecule has 4 aromatic rings. The molecule has 0 aliphatic heterocycles. The molecule has 0 spiro atoms. The molecule has 0 atom stereocenters. The Bertz CT molecular complexity index is 1210. The molecule has 0 bridgehead atoms. The molecule has 0 aliphatic carbocycles. The monoisotopic (exact) mass is 376 g/mol. The first-order valence-corrected chi connectivity index (χ1v) is 8.49. The summed E-state index contributed by atoms with van der Waals surface area (Å²) in [4.78, 5) is 36.1. The summed E-state index contributed by atoms with van der Waals surface area (Å²) in [5, 5.41) is 3.82. The van der Waals surface area contributed by atoms with Gasteiger partial charge in [0.1, 0.15) is 5.69 Å². The second-order valence-corrected chi connectivity index (χ2v) is 6.27. The van der Waals surface area contributed by atoms with Crippen LogP contribution in [0.4, 0.5) is 5.69 Å². The first-order valence-electron chi connectivity index (χ1n) is 8.11. The molecule has 6 nitrogen and oxygen atoms in total. The number of halogens is 1. The van der Waals surface area contributed by atoms with Crippen LogP contribution in [0.1, 0.15) is 10.5 Å². The van der Waals surface area contributed by atoms with Crippen LogP contribution in [0, 0.1) is 0 Å². The van der Waals surface area contributed by atoms with E-state index < -0.39 is 5.91 Å². The summed E-state index contributed by atoms with van der Waals surface area (Å²) in [6, 6.07) is 13.8. The van der Waals surface area contributed by atoms with E-state index in [2.05, 4.69) is 20.3 Å². The Labute approximate surface area is 158 Å². The normalized spacial score (nSPS) is 10.7. The van der Waals surface area contributed by atoms with E-state index in [4.69, 9.17) is 11.6 Å². The Morgan fingerprint density at radius 2 is 1.93 bits per heavy atom. The number of nitrogens with one attached hydrogen (secondary N) is 2. The fraction of sp³-hybridized carbons (Fsp3) is 0. The summed E-state index contributed by atoms with van der Waals surface area (Å²) < 4.78 is 0. The van der Waals surface area contributed by atoms with E-state index in [9.17, 15) is 9.59 Å². The minimum Gasteiger partial charge on any atom is -0.353 e. The summed E-state index contributed by atoms with van der Waals surface area (Å²) >= 11 is 6.06. The van der Waals surface area contributed by atoms with E-state index in [1.807, 2.05) is 12.1 Å². The molecule has 132 valence electrons. The molecule has 0 fully saturated rings. The van der Waals surface area contributed by atoms with Crippen molar-refractivity contribution in [1.29, 1.82) is 0 Å². The van der Waals surface area contributed by atoms with Gasteiger partial charge in [0.25, 0.3) is 5.91 Å². The molecule has 2 aromatic heterocycles. The molecule has 4 rings (SSSR count). The van der Waals surface area contributed by atoms with Gasteiger partial charge in [-0.1, -0.05) is 29.8 Å². The van der Waals surface area contributed by atoms with Crippen molar-refractivity contribution in [2.75, 3.05) is 5.32 Å². The van der Waals surface area contributed by atoms with Crippen LogP contribution in [-0.4, -0.2) is 20.9 Å². The van der Waals surface area contributed by atoms with E-state index >= 15 is 0 Å². The van der Waals surface area contributed by atoms with Gasteiger partial charge in [-0.15, -0.1) is 0 Å². The van der Waals surface area contributed by atoms with Gasteiger partial charge < -0.3 is 10.3 Å². The molecule has 27 heavy (non-hydrogen) atoms. The van der Waals surface area contributed by atoms with Gasteiger partial charge in [0.15, 0.2) is 5.43 Å². The predicted octanol–water partition coefficient (Wildman–Crippen LogP) is 3.89. The number of rotatable bonds is 3. The fourth-order valence-corrected chi connectivity index (χ4v) is 2.98. The molecule has 1 amide bonds. The maximum absolute atomic E-state index is 12.6. The number of aromatic amines is 1. The number of hydrogen-bond donors (Lipinski definition) is 2. The highest BCUT2D eigenvalue weighted by Crippen LogP contribution is 2.25. The van der Waals surface area contributed by atoms with Crippen molar-refractivity contribution in [3.63, 3.8) is 0 Å². The number of carbonyl (C=O) groups is 1. The average molecular weight is 377 g/mol. The van der Waals surface area contributed by atoms with E-state index in [-0.39, 0.29) is 11.1 Å². The molecule has 0 unspecified atom stereocenters. The van der Waals surface area contributed by atoms with Crippen LogP contribution < -0.4 is 10.7 Å². The number of nitrogens with zero attached hydrogens (tertiary/aromatic N) is 2. The van der Waals surface area contributed by atoms with Crippen LogP contribution in [-0.2, 0) is 0 Å². The highest BCUT2D eigenvalue weighted by molar-refractivity contribution is 6.30. The van der Waals surface area contributed by atoms with E-state index in [0.29, 0.717) is 27.3 Å². The number of pyridine rings is 1. The second kappa shape index (κ2) is 7.01. The summed E-state index contributed by atoms with van der Waals surface area (Å²) in [7, 11) is 0. The van der Waals surface area contributed by atoms with Crippen LogP contribution in [0.15, 0.2) is 71.9 Å². The first-order chi connectivity index (χ1) is 13.1. The van der Waals surface area contributed by atoms with Gasteiger partial charge in [-0.3, -0.25) is 14.6 Å². The third-order valence-corrected chi connectivity index (χ3v) is 4.28. The third kappa shape index (κ3) is 3.43. The van der Waals surface area contributed by atoms with E-state index in [1.54, 1.807) is 30.3 Å². The van der Waals surface area contributed by atoms with Gasteiger partial charge >= 0.3 is 0 Å². The Morgan fingerprint density at radius 3 is 2.70 bits per heavy atom. The molecule has 0 saturated heterocycles. The topological polar surface area (TPSA) is 87.7 Å². The molecule has 7 heteroatoms. The number of amides is 1. The van der Waals surface area contributed by atoms with Gasteiger partial charge in [0, 0.05) is 34.6 Å². The van der Waals surface area contributed by atoms with Gasteiger partial charge in [0.05, 0.1) is 17.4 Å². The molecule has 2 N–H and O–H groups in total. The minimum absolute atomic E-state index is 0.158.